The van der Waals surface area contributed by atoms with Gasteiger partial charge < -0.3 is 0 Å². The maximum atomic E-state index is 14.6. The van der Waals surface area contributed by atoms with Crippen LogP contribution in [0.15, 0.2) is 184 Å². The van der Waals surface area contributed by atoms with E-state index < -0.39 is 11.6 Å². The lowest BCUT2D eigenvalue weighted by molar-refractivity contribution is 0.626. The molecule has 11 aromatic carbocycles. The SMILES string of the molecule is N#Cc1ccc(Br)cc1.N#Cc1ccc(C2=c3ccc4c(c3-c3ccc(F)cc32)C(c2ccc(C#N)cc2)=c2cc(F)ccc2=4)cc1.O=c1c2cc(F)ccc2c2c1ccc1c3ccc(F)cc3c(=O)c12. The van der Waals surface area contributed by atoms with Crippen LogP contribution in [-0.4, -0.2) is 0 Å². The third-order valence-corrected chi connectivity index (χ3v) is 13.6. The number of fused-ring (bicyclic) bond motifs is 13. The highest BCUT2D eigenvalue weighted by Gasteiger charge is 2.29. The molecule has 71 heavy (non-hydrogen) atoms. The summed E-state index contributed by atoms with van der Waals surface area (Å²) >= 11 is 3.27. The third kappa shape index (κ3) is 7.36. The number of nitriles is 3. The number of hydrogen-bond donors (Lipinski definition) is 0. The monoisotopic (exact) mass is 989 g/mol. The molecule has 334 valence electrons. The van der Waals surface area contributed by atoms with Gasteiger partial charge >= 0.3 is 0 Å². The first kappa shape index (κ1) is 44.2. The van der Waals surface area contributed by atoms with Gasteiger partial charge in [-0.2, -0.15) is 15.8 Å². The lowest BCUT2D eigenvalue weighted by Crippen LogP contribution is -2.11. The lowest BCUT2D eigenvalue weighted by atomic mass is 9.90. The summed E-state index contributed by atoms with van der Waals surface area (Å²) in [7, 11) is 0. The van der Waals surface area contributed by atoms with Crippen LogP contribution in [0, 0.1) is 67.7 Å². The van der Waals surface area contributed by atoms with Crippen molar-refractivity contribution in [3.63, 3.8) is 0 Å². The summed E-state index contributed by atoms with van der Waals surface area (Å²) in [6.07, 6.45) is 0. The standard InChI is InChI=1S/C34H16F2N2.C20H8F2O2.C7H4BrN/c35-23-9-11-25-26-13-14-28-31(21-5-1-19(17-37)2-6-21)30-16-24(36)10-12-27(30)33(28)34(26)32(29(25)15-23)22-7-3-20(18-38)4-8-22;21-9-1-3-11-12-5-6-14-17(18(12)20(24)15(11)7-9)13-4-2-10(22)8-16(13)19(14)23;8-7-3-1-6(5-9)2-4-7/h1-16H;1-8H;1-4H. The number of rotatable bonds is 2. The van der Waals surface area contributed by atoms with Gasteiger partial charge in [0.05, 0.1) is 34.9 Å². The van der Waals surface area contributed by atoms with E-state index in [4.69, 9.17) is 5.26 Å². The summed E-state index contributed by atoms with van der Waals surface area (Å²) in [5.74, 6) is -1.64. The van der Waals surface area contributed by atoms with Crippen molar-refractivity contribution in [2.45, 2.75) is 0 Å². The Kier molecular flexibility index (Phi) is 10.8. The van der Waals surface area contributed by atoms with E-state index in [0.29, 0.717) is 54.4 Å². The minimum atomic E-state index is -0.497. The molecule has 0 saturated carbocycles. The van der Waals surface area contributed by atoms with Crippen LogP contribution in [0.2, 0.25) is 0 Å². The topological polar surface area (TPSA) is 106 Å². The van der Waals surface area contributed by atoms with Gasteiger partial charge in [0.1, 0.15) is 23.3 Å². The van der Waals surface area contributed by atoms with Gasteiger partial charge in [0.25, 0.3) is 0 Å². The smallest absolute Gasteiger partial charge is 0.195 e. The normalized spacial score (nSPS) is 11.7. The van der Waals surface area contributed by atoms with Crippen LogP contribution in [0.3, 0.4) is 0 Å². The van der Waals surface area contributed by atoms with Gasteiger partial charge in [-0.25, -0.2) is 17.6 Å². The molecular formula is C61H28BrF4N3O2. The van der Waals surface area contributed by atoms with Crippen molar-refractivity contribution in [2.75, 3.05) is 0 Å². The molecule has 0 atom stereocenters. The van der Waals surface area contributed by atoms with Gasteiger partial charge in [-0.05, 0) is 185 Å². The van der Waals surface area contributed by atoms with E-state index >= 15 is 0 Å². The van der Waals surface area contributed by atoms with Gasteiger partial charge in [-0.15, -0.1) is 0 Å². The van der Waals surface area contributed by atoms with Crippen LogP contribution in [0.1, 0.15) is 38.9 Å². The van der Waals surface area contributed by atoms with Crippen molar-refractivity contribution >= 4 is 70.2 Å². The molecule has 0 N–H and O–H groups in total. The predicted molar refractivity (Wildman–Crippen MR) is 271 cm³/mol. The molecule has 0 aromatic heterocycles. The first-order valence-corrected chi connectivity index (χ1v) is 22.8. The van der Waals surface area contributed by atoms with Gasteiger partial charge in [0.15, 0.2) is 10.9 Å². The maximum Gasteiger partial charge on any atom is 0.195 e. The van der Waals surface area contributed by atoms with Crippen LogP contribution in [-0.2, 0) is 0 Å². The summed E-state index contributed by atoms with van der Waals surface area (Å²) in [4.78, 5) is 25.4. The molecule has 11 aromatic rings. The average Bonchev–Trinajstić information content (AvgIpc) is 4.08. The molecule has 0 amide bonds. The molecule has 2 aliphatic carbocycles. The van der Waals surface area contributed by atoms with Crippen molar-refractivity contribution in [2.24, 2.45) is 0 Å². The number of hydrogen-bond acceptors (Lipinski definition) is 5. The number of nitrogens with zero attached hydrogens (tertiary/aromatic N) is 3. The fraction of sp³-hybridized carbons (Fsp3) is 0. The Morgan fingerprint density at radius 1 is 0.352 bits per heavy atom. The molecule has 0 aliphatic heterocycles. The van der Waals surface area contributed by atoms with Crippen LogP contribution in [0.4, 0.5) is 17.6 Å². The zero-order chi connectivity index (χ0) is 49.2. The second-order valence-electron chi connectivity index (χ2n) is 17.0. The van der Waals surface area contributed by atoms with E-state index in [2.05, 4.69) is 34.1 Å². The van der Waals surface area contributed by atoms with Crippen molar-refractivity contribution in [3.8, 4) is 29.3 Å². The highest BCUT2D eigenvalue weighted by molar-refractivity contribution is 9.10. The molecule has 13 rings (SSSR count). The van der Waals surface area contributed by atoms with Gasteiger partial charge in [0, 0.05) is 31.4 Å². The molecule has 10 heteroatoms. The summed E-state index contributed by atoms with van der Waals surface area (Å²) in [5.41, 5.74) is 8.33. The fourth-order valence-corrected chi connectivity index (χ4v) is 10.2. The van der Waals surface area contributed by atoms with Crippen molar-refractivity contribution in [1.82, 2.24) is 0 Å². The molecule has 0 bridgehead atoms. The summed E-state index contributed by atoms with van der Waals surface area (Å²) < 4.78 is 57.2. The third-order valence-electron chi connectivity index (χ3n) is 13.1. The molecule has 0 radical (unpaired) electrons. The van der Waals surface area contributed by atoms with Gasteiger partial charge in [-0.3, -0.25) is 9.59 Å². The first-order valence-electron chi connectivity index (χ1n) is 22.0. The Bertz CT molecular complexity index is 4580. The van der Waals surface area contributed by atoms with Crippen LogP contribution in [0.5, 0.6) is 0 Å². The van der Waals surface area contributed by atoms with Crippen LogP contribution in [0.25, 0.3) is 65.4 Å². The van der Waals surface area contributed by atoms with Crippen LogP contribution < -0.4 is 21.3 Å². The quantitative estimate of drug-likeness (QED) is 0.160. The fourth-order valence-electron chi connectivity index (χ4n) is 9.99. The zero-order valence-electron chi connectivity index (χ0n) is 36.7. The molecular weight excluding hydrogens is 963 g/mol. The van der Waals surface area contributed by atoms with Crippen molar-refractivity contribution < 1.29 is 17.6 Å². The molecule has 2 aliphatic rings. The Labute approximate surface area is 408 Å². The summed E-state index contributed by atoms with van der Waals surface area (Å²) in [6, 6.07) is 53.4. The zero-order valence-corrected chi connectivity index (χ0v) is 38.3. The predicted octanol–water partition coefficient (Wildman–Crippen LogP) is 12.3. The highest BCUT2D eigenvalue weighted by Crippen LogP contribution is 2.42. The van der Waals surface area contributed by atoms with E-state index in [1.165, 1.54) is 42.5 Å². The minimum Gasteiger partial charge on any atom is -0.289 e. The maximum absolute atomic E-state index is 14.6. The van der Waals surface area contributed by atoms with E-state index in [0.717, 1.165) is 69.9 Å². The molecule has 0 fully saturated rings. The van der Waals surface area contributed by atoms with E-state index in [9.17, 15) is 37.7 Å². The Hall–Kier alpha value is -9.27. The van der Waals surface area contributed by atoms with E-state index in [1.807, 2.05) is 48.5 Å². The molecule has 0 heterocycles. The van der Waals surface area contributed by atoms with Gasteiger partial charge in [0.2, 0.25) is 0 Å². The first-order chi connectivity index (χ1) is 34.5. The average molecular weight is 991 g/mol. The minimum absolute atomic E-state index is 0.258. The molecule has 0 spiro atoms. The van der Waals surface area contributed by atoms with Crippen molar-refractivity contribution in [1.29, 1.82) is 15.8 Å². The molecule has 0 saturated heterocycles. The van der Waals surface area contributed by atoms with E-state index in [1.54, 1.807) is 78.9 Å². The number of benzene rings is 9. The molecule has 0 unspecified atom stereocenters. The number of halogens is 5. The largest absolute Gasteiger partial charge is 0.289 e. The molecule has 5 nitrogen and oxygen atoms in total. The second kappa shape index (κ2) is 17.4. The summed E-state index contributed by atoms with van der Waals surface area (Å²) in [6.45, 7) is 0. The van der Waals surface area contributed by atoms with E-state index in [-0.39, 0.29) is 27.9 Å². The lowest BCUT2D eigenvalue weighted by Gasteiger charge is -2.12. The summed E-state index contributed by atoms with van der Waals surface area (Å²) in [5, 5.41) is 34.3. The highest BCUT2D eigenvalue weighted by atomic mass is 79.9. The second-order valence-corrected chi connectivity index (χ2v) is 17.9. The Balaban J connectivity index is 0.000000140. The van der Waals surface area contributed by atoms with Crippen LogP contribution >= 0.6 is 15.9 Å². The Morgan fingerprint density at radius 2 is 0.817 bits per heavy atom. The van der Waals surface area contributed by atoms with Crippen molar-refractivity contribution in [3.05, 3.63) is 278 Å². The Morgan fingerprint density at radius 3 is 1.45 bits per heavy atom. The van der Waals surface area contributed by atoms with Gasteiger partial charge in [-0.1, -0.05) is 82.7 Å².